The Bertz CT molecular complexity index is 646. The molecule has 0 spiro atoms. The van der Waals surface area contributed by atoms with Crippen molar-refractivity contribution >= 4 is 15.6 Å². The second kappa shape index (κ2) is 5.53. The molecule has 0 aliphatic carbocycles. The molecule has 0 radical (unpaired) electrons. The number of carbonyl (C=O) groups is 1. The van der Waals surface area contributed by atoms with Gasteiger partial charge in [-0.25, -0.2) is 21.6 Å². The Hall–Kier alpha value is -1.41. The van der Waals surface area contributed by atoms with Gasteiger partial charge in [-0.3, -0.25) is 4.79 Å². The van der Waals surface area contributed by atoms with E-state index in [0.29, 0.717) is 6.07 Å². The summed E-state index contributed by atoms with van der Waals surface area (Å²) in [5, 5.41) is 2.83. The summed E-state index contributed by atoms with van der Waals surface area (Å²) in [4.78, 5) is 11.8. The highest BCUT2D eigenvalue weighted by molar-refractivity contribution is 7.91. The lowest BCUT2D eigenvalue weighted by Crippen LogP contribution is -2.46. The van der Waals surface area contributed by atoms with Crippen molar-refractivity contribution in [1.29, 1.82) is 0 Å². The number of ketones is 1. The second-order valence-electron chi connectivity index (χ2n) is 4.62. The third-order valence-corrected chi connectivity index (χ3v) is 4.80. The average Bonchev–Trinajstić information content (AvgIpc) is 2.34. The topological polar surface area (TPSA) is 63.2 Å². The van der Waals surface area contributed by atoms with E-state index in [1.54, 1.807) is 0 Å². The second-order valence-corrected chi connectivity index (χ2v) is 6.84. The maximum absolute atomic E-state index is 13.4. The molecule has 1 aromatic carbocycles. The lowest BCUT2D eigenvalue weighted by molar-refractivity contribution is 0.0966. The molecule has 1 atom stereocenters. The molecule has 8 heteroatoms. The molecule has 1 unspecified atom stereocenters. The summed E-state index contributed by atoms with van der Waals surface area (Å²) in [5.74, 6) is -5.65. The molecule has 0 amide bonds. The van der Waals surface area contributed by atoms with Gasteiger partial charge < -0.3 is 5.32 Å². The van der Waals surface area contributed by atoms with E-state index in [4.69, 9.17) is 0 Å². The fourth-order valence-corrected chi connectivity index (χ4v) is 3.52. The van der Waals surface area contributed by atoms with E-state index in [1.807, 2.05) is 0 Å². The van der Waals surface area contributed by atoms with Crippen molar-refractivity contribution < 1.29 is 26.4 Å². The minimum absolute atomic E-state index is 0.0166. The Labute approximate surface area is 113 Å². The molecule has 1 aliphatic heterocycles. The van der Waals surface area contributed by atoms with Gasteiger partial charge in [-0.05, 0) is 12.1 Å². The molecule has 1 fully saturated rings. The lowest BCUT2D eigenvalue weighted by Gasteiger charge is -2.23. The average molecular weight is 307 g/mol. The molecule has 1 aromatic rings. The molecule has 110 valence electrons. The van der Waals surface area contributed by atoms with Crippen molar-refractivity contribution in [1.82, 2.24) is 5.32 Å². The van der Waals surface area contributed by atoms with Crippen molar-refractivity contribution in [3.05, 3.63) is 35.1 Å². The van der Waals surface area contributed by atoms with Crippen LogP contribution in [-0.2, 0) is 9.84 Å². The predicted octanol–water partition coefficient (Wildman–Crippen LogP) is 1.06. The van der Waals surface area contributed by atoms with Gasteiger partial charge in [0.05, 0.1) is 17.1 Å². The summed E-state index contributed by atoms with van der Waals surface area (Å²) in [6.07, 6.45) is -0.290. The molecule has 0 bridgehead atoms. The van der Waals surface area contributed by atoms with Crippen LogP contribution in [0.4, 0.5) is 13.2 Å². The number of benzene rings is 1. The number of nitrogens with one attached hydrogen (secondary N) is 1. The van der Waals surface area contributed by atoms with Gasteiger partial charge in [-0.1, -0.05) is 0 Å². The van der Waals surface area contributed by atoms with Gasteiger partial charge in [-0.15, -0.1) is 0 Å². The highest BCUT2D eigenvalue weighted by Crippen LogP contribution is 2.18. The third kappa shape index (κ3) is 3.18. The first-order valence-electron chi connectivity index (χ1n) is 5.90. The number of rotatable bonds is 3. The van der Waals surface area contributed by atoms with Gasteiger partial charge in [0, 0.05) is 19.0 Å². The van der Waals surface area contributed by atoms with Crippen molar-refractivity contribution in [2.24, 2.45) is 0 Å². The fraction of sp³-hybridized carbons (Fsp3) is 0.417. The van der Waals surface area contributed by atoms with E-state index in [9.17, 15) is 26.4 Å². The van der Waals surface area contributed by atoms with Crippen LogP contribution in [0.1, 0.15) is 16.8 Å². The summed E-state index contributed by atoms with van der Waals surface area (Å²) in [6, 6.07) is 0.873. The molecule has 20 heavy (non-hydrogen) atoms. The molecule has 0 saturated carbocycles. The molecule has 1 heterocycles. The highest BCUT2D eigenvalue weighted by atomic mass is 32.2. The molecule has 1 N–H and O–H groups in total. The first-order chi connectivity index (χ1) is 9.30. The summed E-state index contributed by atoms with van der Waals surface area (Å²) in [5.41, 5.74) is -0.575. The van der Waals surface area contributed by atoms with Gasteiger partial charge in [-0.2, -0.15) is 0 Å². The Morgan fingerprint density at radius 3 is 2.60 bits per heavy atom. The number of hydrogen-bond donors (Lipinski definition) is 1. The van der Waals surface area contributed by atoms with Crippen LogP contribution in [0.25, 0.3) is 0 Å². The summed E-state index contributed by atoms with van der Waals surface area (Å²) in [6.45, 7) is 0.209. The minimum atomic E-state index is -3.23. The fourth-order valence-electron chi connectivity index (χ4n) is 2.07. The van der Waals surface area contributed by atoms with Crippen LogP contribution in [-0.4, -0.2) is 38.3 Å². The van der Waals surface area contributed by atoms with Crippen LogP contribution in [0.15, 0.2) is 12.1 Å². The van der Waals surface area contributed by atoms with Crippen molar-refractivity contribution in [3.8, 4) is 0 Å². The molecule has 1 saturated heterocycles. The van der Waals surface area contributed by atoms with Crippen LogP contribution < -0.4 is 5.32 Å². The van der Waals surface area contributed by atoms with Crippen LogP contribution in [0.2, 0.25) is 0 Å². The van der Waals surface area contributed by atoms with E-state index in [0.717, 1.165) is 6.07 Å². The summed E-state index contributed by atoms with van der Waals surface area (Å²) >= 11 is 0. The van der Waals surface area contributed by atoms with Crippen LogP contribution in [0, 0.1) is 17.5 Å². The lowest BCUT2D eigenvalue weighted by atomic mass is 10.0. The van der Waals surface area contributed by atoms with E-state index < -0.39 is 44.7 Å². The molecule has 2 rings (SSSR count). The Morgan fingerprint density at radius 2 is 1.95 bits per heavy atom. The molecular formula is C12H12F3NO3S. The maximum Gasteiger partial charge on any atom is 0.195 e. The first kappa shape index (κ1) is 15.0. The number of Topliss-reactive ketones (excluding diaryl/α,β-unsaturated/α-hetero) is 1. The zero-order chi connectivity index (χ0) is 14.9. The largest absolute Gasteiger partial charge is 0.312 e. The van der Waals surface area contributed by atoms with Gasteiger partial charge in [0.15, 0.2) is 33.1 Å². The Kier molecular flexibility index (Phi) is 4.14. The molecular weight excluding hydrogens is 295 g/mol. The summed E-state index contributed by atoms with van der Waals surface area (Å²) in [7, 11) is -3.23. The van der Waals surface area contributed by atoms with Crippen molar-refractivity contribution in [3.63, 3.8) is 0 Å². The van der Waals surface area contributed by atoms with Gasteiger partial charge >= 0.3 is 0 Å². The minimum Gasteiger partial charge on any atom is -0.312 e. The van der Waals surface area contributed by atoms with Crippen LogP contribution in [0.3, 0.4) is 0 Å². The zero-order valence-corrected chi connectivity index (χ0v) is 11.1. The van der Waals surface area contributed by atoms with Gasteiger partial charge in [0.25, 0.3) is 0 Å². The van der Waals surface area contributed by atoms with E-state index in [1.165, 1.54) is 0 Å². The Balaban J connectivity index is 2.15. The smallest absolute Gasteiger partial charge is 0.195 e. The van der Waals surface area contributed by atoms with Gasteiger partial charge in [0.2, 0.25) is 0 Å². The third-order valence-electron chi connectivity index (χ3n) is 3.07. The van der Waals surface area contributed by atoms with E-state index >= 15 is 0 Å². The maximum atomic E-state index is 13.4. The standard InChI is InChI=1S/C12H12F3NO3S/c13-9-2-1-8(11(14)12(9)15)10(17)5-7-6-20(18,19)4-3-16-7/h1-2,7,16H,3-6H2. The Morgan fingerprint density at radius 1 is 1.25 bits per heavy atom. The quantitative estimate of drug-likeness (QED) is 0.670. The zero-order valence-electron chi connectivity index (χ0n) is 10.3. The SMILES string of the molecule is O=C(CC1CS(=O)(=O)CCN1)c1ccc(F)c(F)c1F. The van der Waals surface area contributed by atoms with Crippen LogP contribution >= 0.6 is 0 Å². The summed E-state index contributed by atoms with van der Waals surface area (Å²) < 4.78 is 62.1. The van der Waals surface area contributed by atoms with Gasteiger partial charge in [0.1, 0.15) is 0 Å². The number of halogens is 3. The van der Waals surface area contributed by atoms with Crippen LogP contribution in [0.5, 0.6) is 0 Å². The van der Waals surface area contributed by atoms with E-state index in [2.05, 4.69) is 5.32 Å². The predicted molar refractivity (Wildman–Crippen MR) is 65.7 cm³/mol. The molecule has 1 aliphatic rings. The van der Waals surface area contributed by atoms with Crippen molar-refractivity contribution in [2.75, 3.05) is 18.1 Å². The molecule has 0 aromatic heterocycles. The number of sulfone groups is 1. The van der Waals surface area contributed by atoms with Crippen molar-refractivity contribution in [2.45, 2.75) is 12.5 Å². The normalized spacial score (nSPS) is 21.6. The molecule has 4 nitrogen and oxygen atoms in total. The number of hydrogen-bond acceptors (Lipinski definition) is 4. The van der Waals surface area contributed by atoms with E-state index in [-0.39, 0.29) is 24.5 Å². The highest BCUT2D eigenvalue weighted by Gasteiger charge is 2.28. The number of carbonyl (C=O) groups excluding carboxylic acids is 1. The monoisotopic (exact) mass is 307 g/mol. The first-order valence-corrected chi connectivity index (χ1v) is 7.73.